The zero-order chi connectivity index (χ0) is 34.5. The summed E-state index contributed by atoms with van der Waals surface area (Å²) in [6.07, 6.45) is 4.89. The normalized spacial score (nSPS) is 13.0. The van der Waals surface area contributed by atoms with E-state index in [1.54, 1.807) is 0 Å². The van der Waals surface area contributed by atoms with E-state index in [-0.39, 0.29) is 24.8 Å². The minimum Gasteiger partial charge on any atom is -0.466 e. The van der Waals surface area contributed by atoms with E-state index >= 15 is 0 Å². The second-order valence-corrected chi connectivity index (χ2v) is 12.8. The monoisotopic (exact) mass is 650 g/mol. The van der Waals surface area contributed by atoms with Gasteiger partial charge in [0.1, 0.15) is 0 Å². The molecule has 0 radical (unpaired) electrons. The Hall–Kier alpha value is -4.46. The van der Waals surface area contributed by atoms with Crippen LogP contribution >= 0.6 is 0 Å². The number of carbonyl (C=O) groups excluding carboxylic acids is 2. The van der Waals surface area contributed by atoms with Crippen LogP contribution in [0, 0.1) is 13.8 Å². The summed E-state index contributed by atoms with van der Waals surface area (Å²) < 4.78 is 10.8. The van der Waals surface area contributed by atoms with Gasteiger partial charge in [-0.15, -0.1) is 0 Å². The van der Waals surface area contributed by atoms with Crippen LogP contribution in [0.25, 0.3) is 44.4 Å². The molecule has 0 atom stereocenters. The topological polar surface area (TPSA) is 110 Å². The first-order valence-corrected chi connectivity index (χ1v) is 17.5. The number of aromatic nitrogens is 4. The van der Waals surface area contributed by atoms with Gasteiger partial charge in [0.15, 0.2) is 0 Å². The Morgan fingerprint density at radius 3 is 1.44 bits per heavy atom. The van der Waals surface area contributed by atoms with E-state index in [1.807, 2.05) is 19.9 Å². The molecular formula is C40H50N4O4. The summed E-state index contributed by atoms with van der Waals surface area (Å²) in [6, 6.07) is 8.52. The Balaban J connectivity index is 1.78. The number of nitrogens with zero attached hydrogens (tertiary/aromatic N) is 2. The van der Waals surface area contributed by atoms with Crippen molar-refractivity contribution in [2.75, 3.05) is 13.2 Å². The third-order valence-electron chi connectivity index (χ3n) is 9.60. The maximum atomic E-state index is 12.6. The molecule has 2 aliphatic heterocycles. The van der Waals surface area contributed by atoms with Gasteiger partial charge in [0.2, 0.25) is 0 Å². The third kappa shape index (κ3) is 7.18. The number of hydrogen-bond donors (Lipinski definition) is 2. The lowest BCUT2D eigenvalue weighted by atomic mass is 9.98. The molecule has 0 saturated carbocycles. The van der Waals surface area contributed by atoms with Gasteiger partial charge in [0.25, 0.3) is 0 Å². The highest BCUT2D eigenvalue weighted by Crippen LogP contribution is 2.38. The minimum atomic E-state index is -0.210. The van der Waals surface area contributed by atoms with Crippen molar-refractivity contribution < 1.29 is 19.1 Å². The maximum Gasteiger partial charge on any atom is 0.306 e. The molecule has 2 aliphatic rings. The fourth-order valence-corrected chi connectivity index (χ4v) is 6.79. The first-order valence-electron chi connectivity index (χ1n) is 17.5. The molecule has 0 aliphatic carbocycles. The fourth-order valence-electron chi connectivity index (χ4n) is 6.79. The molecule has 0 fully saturated rings. The van der Waals surface area contributed by atoms with Crippen molar-refractivity contribution in [3.63, 3.8) is 0 Å². The molecule has 2 N–H and O–H groups in total. The van der Waals surface area contributed by atoms with E-state index in [4.69, 9.17) is 19.4 Å². The zero-order valence-electron chi connectivity index (χ0n) is 29.9. The van der Waals surface area contributed by atoms with Gasteiger partial charge >= 0.3 is 11.9 Å². The summed E-state index contributed by atoms with van der Waals surface area (Å²) in [6.45, 7) is 17.7. The first-order chi connectivity index (χ1) is 23.1. The van der Waals surface area contributed by atoms with Crippen molar-refractivity contribution >= 4 is 56.3 Å². The lowest BCUT2D eigenvalue weighted by Gasteiger charge is -2.07. The molecule has 0 aromatic carbocycles. The number of H-pyrrole nitrogens is 2. The van der Waals surface area contributed by atoms with Gasteiger partial charge in [-0.3, -0.25) is 9.59 Å². The fraction of sp³-hybridized carbons (Fsp3) is 0.450. The zero-order valence-corrected chi connectivity index (χ0v) is 29.9. The number of hydrogen-bond acceptors (Lipinski definition) is 6. The van der Waals surface area contributed by atoms with Crippen molar-refractivity contribution in [1.29, 1.82) is 0 Å². The maximum absolute atomic E-state index is 12.6. The Morgan fingerprint density at radius 1 is 0.583 bits per heavy atom. The summed E-state index contributed by atoms with van der Waals surface area (Å²) in [5.41, 5.74) is 16.5. The molecule has 0 saturated heterocycles. The number of allylic oxidation sites excluding steroid dienone is 4. The van der Waals surface area contributed by atoms with Gasteiger partial charge in [-0.05, 0) is 135 Å². The Morgan fingerprint density at radius 2 is 1.00 bits per heavy atom. The number of esters is 2. The number of aryl methyl sites for hydroxylation is 4. The highest BCUT2D eigenvalue weighted by molar-refractivity contribution is 5.96. The van der Waals surface area contributed by atoms with E-state index in [1.165, 1.54) is 22.3 Å². The number of aromatic amines is 2. The second kappa shape index (κ2) is 15.2. The predicted molar refractivity (Wildman–Crippen MR) is 195 cm³/mol. The summed E-state index contributed by atoms with van der Waals surface area (Å²) in [7, 11) is 0. The Kier molecular flexibility index (Phi) is 11.0. The predicted octanol–water partition coefficient (Wildman–Crippen LogP) is 9.38. The summed E-state index contributed by atoms with van der Waals surface area (Å²) in [5.74, 6) is -0.420. The van der Waals surface area contributed by atoms with Crippen LogP contribution in [0.2, 0.25) is 0 Å². The molecule has 8 heteroatoms. The second-order valence-electron chi connectivity index (χ2n) is 12.8. The Bertz CT molecular complexity index is 1960. The van der Waals surface area contributed by atoms with Crippen LogP contribution in [0.4, 0.5) is 0 Å². The highest BCUT2D eigenvalue weighted by atomic mass is 16.5. The van der Waals surface area contributed by atoms with E-state index in [2.05, 4.69) is 69.7 Å². The molecule has 3 aromatic heterocycles. The molecule has 5 heterocycles. The standard InChI is InChI=1S/C40H50N4O4/c1-9-17-47-39(45)15-13-29-25(7)32-19-31-23(5)27(11-3)35(41-31)20-33-24(6)28(12-4)36(42-33)21-34-26(8)30(14-16-40(46)48-18-10-2)38(44-34)22-37(29)43-32/h19-22,41-42H,9-18H2,1-8H3. The van der Waals surface area contributed by atoms with E-state index in [0.29, 0.717) is 26.1 Å². The van der Waals surface area contributed by atoms with Crippen LogP contribution in [0.1, 0.15) is 125 Å². The third-order valence-corrected chi connectivity index (χ3v) is 9.60. The SMILES string of the molecule is CCCOC(=O)CCC1=C(C)c2cc3[nH]c(cc4[nH]c(cc5nc(cc1n2)C(CCC(=O)OCCC)=C5C)c(CC)c4C)c(CC)c3C. The van der Waals surface area contributed by atoms with Crippen LogP contribution < -0.4 is 0 Å². The minimum absolute atomic E-state index is 0.210. The molecule has 0 spiro atoms. The molecule has 8 nitrogen and oxygen atoms in total. The lowest BCUT2D eigenvalue weighted by Crippen LogP contribution is -2.05. The number of nitrogens with one attached hydrogen (secondary N) is 2. The van der Waals surface area contributed by atoms with Crippen molar-refractivity contribution in [3.05, 3.63) is 69.3 Å². The Labute approximate surface area is 284 Å². The molecule has 254 valence electrons. The van der Waals surface area contributed by atoms with Crippen molar-refractivity contribution in [2.24, 2.45) is 0 Å². The van der Waals surface area contributed by atoms with Crippen molar-refractivity contribution in [3.8, 4) is 0 Å². The van der Waals surface area contributed by atoms with Gasteiger partial charge in [-0.25, -0.2) is 9.97 Å². The average Bonchev–Trinajstić information content (AvgIpc) is 3.73. The van der Waals surface area contributed by atoms with Crippen LogP contribution in [0.5, 0.6) is 0 Å². The quantitative estimate of drug-likeness (QED) is 0.189. The van der Waals surface area contributed by atoms with Gasteiger partial charge in [0, 0.05) is 34.9 Å². The largest absolute Gasteiger partial charge is 0.466 e. The van der Waals surface area contributed by atoms with Crippen LogP contribution in [0.3, 0.4) is 0 Å². The number of ether oxygens (including phenoxy) is 2. The average molecular weight is 651 g/mol. The molecule has 0 unspecified atom stereocenters. The summed E-state index contributed by atoms with van der Waals surface area (Å²) >= 11 is 0. The van der Waals surface area contributed by atoms with E-state index < -0.39 is 0 Å². The van der Waals surface area contributed by atoms with Crippen molar-refractivity contribution in [1.82, 2.24) is 19.9 Å². The van der Waals surface area contributed by atoms with Gasteiger partial charge in [0.05, 0.1) is 36.0 Å². The summed E-state index contributed by atoms with van der Waals surface area (Å²) in [5, 5.41) is 0. The van der Waals surface area contributed by atoms with E-state index in [0.717, 1.165) is 92.8 Å². The molecule has 5 rings (SSSR count). The van der Waals surface area contributed by atoms with Crippen molar-refractivity contribution in [2.45, 2.75) is 107 Å². The van der Waals surface area contributed by atoms with Gasteiger partial charge < -0.3 is 19.4 Å². The van der Waals surface area contributed by atoms with Crippen LogP contribution in [-0.2, 0) is 31.9 Å². The van der Waals surface area contributed by atoms with Crippen LogP contribution in [-0.4, -0.2) is 45.1 Å². The number of rotatable bonds is 12. The molecule has 3 aromatic rings. The molecular weight excluding hydrogens is 600 g/mol. The summed E-state index contributed by atoms with van der Waals surface area (Å²) in [4.78, 5) is 43.0. The highest BCUT2D eigenvalue weighted by Gasteiger charge is 2.23. The first kappa shape index (κ1) is 34.9. The number of carbonyl (C=O) groups is 2. The number of fused-ring (bicyclic) bond motifs is 8. The molecule has 8 bridgehead atoms. The van der Waals surface area contributed by atoms with E-state index in [9.17, 15) is 9.59 Å². The van der Waals surface area contributed by atoms with Gasteiger partial charge in [-0.1, -0.05) is 27.7 Å². The smallest absolute Gasteiger partial charge is 0.306 e. The lowest BCUT2D eigenvalue weighted by molar-refractivity contribution is -0.144. The molecule has 48 heavy (non-hydrogen) atoms. The van der Waals surface area contributed by atoms with Crippen LogP contribution in [0.15, 0.2) is 24.3 Å². The van der Waals surface area contributed by atoms with Gasteiger partial charge in [-0.2, -0.15) is 0 Å². The molecule has 0 amide bonds.